The molecule has 0 aliphatic rings. The molecule has 2 aromatic carbocycles. The van der Waals surface area contributed by atoms with Gasteiger partial charge < -0.3 is 15.2 Å². The van der Waals surface area contributed by atoms with Gasteiger partial charge in [-0.3, -0.25) is 10.1 Å². The number of nitro groups is 1. The van der Waals surface area contributed by atoms with Crippen LogP contribution >= 0.6 is 0 Å². The van der Waals surface area contributed by atoms with Gasteiger partial charge in [-0.1, -0.05) is 44.2 Å². The van der Waals surface area contributed by atoms with Gasteiger partial charge in [0.15, 0.2) is 0 Å². The van der Waals surface area contributed by atoms with Gasteiger partial charge in [0.25, 0.3) is 5.69 Å². The molecule has 2 unspecified atom stereocenters. The first kappa shape index (κ1) is 29.2. The zero-order valence-corrected chi connectivity index (χ0v) is 22.0. The number of carbonyl (C=O) groups excluding carboxylic acids is 1. The van der Waals surface area contributed by atoms with Crippen LogP contribution in [0.5, 0.6) is 0 Å². The van der Waals surface area contributed by atoms with Crippen molar-refractivity contribution in [3.05, 3.63) is 70.3 Å². The molecular formula is C25H35N3O7S. The zero-order valence-electron chi connectivity index (χ0n) is 21.2. The number of nitro benzene ring substituents is 1. The van der Waals surface area contributed by atoms with Crippen LogP contribution in [0, 0.1) is 16.0 Å². The van der Waals surface area contributed by atoms with E-state index in [1.807, 2.05) is 44.2 Å². The first-order chi connectivity index (χ1) is 16.6. The van der Waals surface area contributed by atoms with Crippen LogP contribution in [0.2, 0.25) is 0 Å². The smallest absolute Gasteiger partial charge is 0.407 e. The number of non-ortho nitro benzene ring substituents is 1. The molecule has 0 aliphatic carbocycles. The summed E-state index contributed by atoms with van der Waals surface area (Å²) in [6.07, 6.45) is -1.70. The molecule has 2 atom stereocenters. The highest BCUT2D eigenvalue weighted by Gasteiger charge is 2.42. The fraction of sp³-hybridized carbons (Fsp3) is 0.480. The Labute approximate surface area is 212 Å². The van der Waals surface area contributed by atoms with E-state index in [4.69, 9.17) is 4.74 Å². The van der Waals surface area contributed by atoms with Gasteiger partial charge in [0.1, 0.15) is 5.60 Å². The van der Waals surface area contributed by atoms with Crippen molar-refractivity contribution in [1.29, 1.82) is 0 Å². The van der Waals surface area contributed by atoms with Crippen molar-refractivity contribution >= 4 is 21.8 Å². The lowest BCUT2D eigenvalue weighted by Crippen LogP contribution is -2.61. The minimum Gasteiger partial charge on any atom is -0.444 e. The quantitative estimate of drug-likeness (QED) is 0.301. The molecule has 0 saturated carbocycles. The predicted octanol–water partition coefficient (Wildman–Crippen LogP) is 3.79. The Morgan fingerprint density at radius 2 is 1.67 bits per heavy atom. The van der Waals surface area contributed by atoms with Crippen LogP contribution in [0.3, 0.4) is 0 Å². The second-order valence-corrected chi connectivity index (χ2v) is 11.9. The Bertz CT molecular complexity index is 1130. The lowest BCUT2D eigenvalue weighted by atomic mass is 9.79. The third-order valence-corrected chi connectivity index (χ3v) is 6.87. The number of benzene rings is 2. The van der Waals surface area contributed by atoms with Crippen molar-refractivity contribution in [2.24, 2.45) is 5.92 Å². The maximum Gasteiger partial charge on any atom is 0.407 e. The molecule has 1 amide bonds. The monoisotopic (exact) mass is 521 g/mol. The lowest BCUT2D eigenvalue weighted by molar-refractivity contribution is -0.384. The molecule has 10 nitrogen and oxygen atoms in total. The van der Waals surface area contributed by atoms with Gasteiger partial charge in [-0.15, -0.1) is 0 Å². The summed E-state index contributed by atoms with van der Waals surface area (Å²) in [6.45, 7) is 8.65. The van der Waals surface area contributed by atoms with Crippen LogP contribution in [0.1, 0.15) is 46.6 Å². The molecule has 0 bridgehead atoms. The zero-order chi connectivity index (χ0) is 27.1. The van der Waals surface area contributed by atoms with Crippen LogP contribution in [-0.2, 0) is 21.2 Å². The van der Waals surface area contributed by atoms with Crippen molar-refractivity contribution in [3.63, 3.8) is 0 Å². The topological polar surface area (TPSA) is 148 Å². The number of alkyl carbamates (subject to hydrolysis) is 1. The Kier molecular flexibility index (Phi) is 9.58. The summed E-state index contributed by atoms with van der Waals surface area (Å²) in [5.41, 5.74) is -1.62. The van der Waals surface area contributed by atoms with Gasteiger partial charge in [-0.05, 0) is 57.2 Å². The van der Waals surface area contributed by atoms with Crippen molar-refractivity contribution in [3.8, 4) is 0 Å². The molecule has 11 heteroatoms. The number of hydrogen-bond acceptors (Lipinski definition) is 7. The van der Waals surface area contributed by atoms with E-state index in [0.717, 1.165) is 29.8 Å². The average Bonchev–Trinajstić information content (AvgIpc) is 2.76. The summed E-state index contributed by atoms with van der Waals surface area (Å²) in [4.78, 5) is 22.4. The number of aliphatic hydroxyl groups excluding tert-OH is 1. The second-order valence-electron chi connectivity index (χ2n) is 10.2. The minimum atomic E-state index is -4.22. The predicted molar refractivity (Wildman–Crippen MR) is 136 cm³/mol. The molecule has 0 aromatic heterocycles. The summed E-state index contributed by atoms with van der Waals surface area (Å²) < 4.78 is 34.8. The molecule has 2 rings (SSSR count). The van der Waals surface area contributed by atoms with Crippen LogP contribution in [0.15, 0.2) is 59.5 Å². The van der Waals surface area contributed by atoms with Gasteiger partial charge >= 0.3 is 6.09 Å². The van der Waals surface area contributed by atoms with Crippen LogP contribution in [-0.4, -0.2) is 48.3 Å². The number of amides is 1. The van der Waals surface area contributed by atoms with E-state index in [9.17, 15) is 28.4 Å². The molecule has 0 heterocycles. The van der Waals surface area contributed by atoms with E-state index in [1.54, 1.807) is 20.8 Å². The van der Waals surface area contributed by atoms with Crippen molar-refractivity contribution in [2.75, 3.05) is 6.54 Å². The molecule has 36 heavy (non-hydrogen) atoms. The average molecular weight is 522 g/mol. The second kappa shape index (κ2) is 11.8. The van der Waals surface area contributed by atoms with Crippen molar-refractivity contribution in [1.82, 2.24) is 10.0 Å². The molecular weight excluding hydrogens is 486 g/mol. The van der Waals surface area contributed by atoms with Gasteiger partial charge in [-0.2, -0.15) is 0 Å². The molecule has 0 radical (unpaired) electrons. The summed E-state index contributed by atoms with van der Waals surface area (Å²) in [6, 6.07) is 13.6. The molecule has 0 spiro atoms. The van der Waals surface area contributed by atoms with E-state index < -0.39 is 38.3 Å². The third-order valence-electron chi connectivity index (χ3n) is 5.31. The van der Waals surface area contributed by atoms with E-state index >= 15 is 0 Å². The highest BCUT2D eigenvalue weighted by molar-refractivity contribution is 7.89. The maximum absolute atomic E-state index is 13.4. The highest BCUT2D eigenvalue weighted by Crippen LogP contribution is 2.29. The third kappa shape index (κ3) is 8.58. The summed E-state index contributed by atoms with van der Waals surface area (Å²) >= 11 is 0. The number of ether oxygens (including phenoxy) is 1. The number of nitrogens with one attached hydrogen (secondary N) is 2. The van der Waals surface area contributed by atoms with E-state index in [2.05, 4.69) is 10.0 Å². The van der Waals surface area contributed by atoms with E-state index in [0.29, 0.717) is 0 Å². The first-order valence-corrected chi connectivity index (χ1v) is 13.1. The fourth-order valence-electron chi connectivity index (χ4n) is 3.92. The molecule has 198 valence electrons. The van der Waals surface area contributed by atoms with Gasteiger partial charge in [-0.25, -0.2) is 17.9 Å². The SMILES string of the molecule is CC(C)CC(Cc1ccccc1)(NS(=O)(=O)c1ccc([N+](=O)[O-])cc1)C(O)CNC(=O)OC(C)(C)C. The molecule has 0 fully saturated rings. The molecule has 0 aliphatic heterocycles. The van der Waals surface area contributed by atoms with E-state index in [1.165, 1.54) is 0 Å². The van der Waals surface area contributed by atoms with Crippen LogP contribution in [0.4, 0.5) is 10.5 Å². The number of aliphatic hydroxyl groups is 1. The van der Waals surface area contributed by atoms with Gasteiger partial charge in [0, 0.05) is 18.7 Å². The molecule has 3 N–H and O–H groups in total. The van der Waals surface area contributed by atoms with Crippen LogP contribution in [0.25, 0.3) is 0 Å². The number of rotatable bonds is 11. The normalized spacial score (nSPS) is 14.6. The molecule has 0 saturated heterocycles. The lowest BCUT2D eigenvalue weighted by Gasteiger charge is -2.40. The minimum absolute atomic E-state index is 0.0375. The Hall–Kier alpha value is -3.02. The van der Waals surface area contributed by atoms with Crippen molar-refractivity contribution < 1.29 is 28.0 Å². The number of carbonyl (C=O) groups is 1. The standard InChI is InChI=1S/C25H35N3O7S/c1-18(2)15-25(16-19-9-7-6-8-10-19,22(29)17-26-23(30)35-24(3,4)5)27-36(33,34)21-13-11-20(12-14-21)28(31)32/h6-14,18,22,27,29H,15-17H2,1-5H3,(H,26,30). The Morgan fingerprint density at radius 3 is 2.17 bits per heavy atom. The number of nitrogens with zero attached hydrogens (tertiary/aromatic N) is 1. The largest absolute Gasteiger partial charge is 0.444 e. The van der Waals surface area contributed by atoms with Crippen LogP contribution < -0.4 is 10.0 Å². The Morgan fingerprint density at radius 1 is 1.08 bits per heavy atom. The summed E-state index contributed by atoms with van der Waals surface area (Å²) in [7, 11) is -4.22. The Balaban J connectivity index is 2.45. The van der Waals surface area contributed by atoms with Gasteiger partial charge in [0.05, 0.1) is 21.5 Å². The number of sulfonamides is 1. The summed E-state index contributed by atoms with van der Waals surface area (Å²) in [5, 5.41) is 24.9. The summed E-state index contributed by atoms with van der Waals surface area (Å²) in [5.74, 6) is -0.0375. The van der Waals surface area contributed by atoms with Crippen molar-refractivity contribution in [2.45, 2.75) is 69.6 Å². The number of hydrogen-bond donors (Lipinski definition) is 3. The maximum atomic E-state index is 13.4. The van der Waals surface area contributed by atoms with E-state index in [-0.39, 0.29) is 35.9 Å². The molecule has 2 aromatic rings. The first-order valence-electron chi connectivity index (χ1n) is 11.6. The van der Waals surface area contributed by atoms with Gasteiger partial charge in [0.2, 0.25) is 10.0 Å². The fourth-order valence-corrected chi connectivity index (χ4v) is 5.36. The highest BCUT2D eigenvalue weighted by atomic mass is 32.2.